The number of rotatable bonds is 6. The van der Waals surface area contributed by atoms with Crippen molar-refractivity contribution in [3.63, 3.8) is 0 Å². The highest BCUT2D eigenvalue weighted by Gasteiger charge is 2.38. The van der Waals surface area contributed by atoms with Crippen molar-refractivity contribution < 1.29 is 14.6 Å². The number of nitrogens with zero attached hydrogens (tertiary/aromatic N) is 4. The van der Waals surface area contributed by atoms with Crippen molar-refractivity contribution in [1.82, 2.24) is 19.9 Å². The number of pyridine rings is 1. The third kappa shape index (κ3) is 3.74. The van der Waals surface area contributed by atoms with Crippen LogP contribution in [0.1, 0.15) is 22.9 Å². The van der Waals surface area contributed by atoms with Crippen molar-refractivity contribution in [2.45, 2.75) is 19.1 Å². The van der Waals surface area contributed by atoms with Crippen LogP contribution in [0.3, 0.4) is 0 Å². The zero-order valence-corrected chi connectivity index (χ0v) is 13.5. The summed E-state index contributed by atoms with van der Waals surface area (Å²) in [7, 11) is 1.60. The Labute approximate surface area is 140 Å². The number of aliphatic carboxylic acids is 1. The predicted octanol–water partition coefficient (Wildman–Crippen LogP) is 1.32. The van der Waals surface area contributed by atoms with Crippen molar-refractivity contribution in [1.29, 1.82) is 0 Å². The Morgan fingerprint density at radius 1 is 1.29 bits per heavy atom. The van der Waals surface area contributed by atoms with Crippen LogP contribution in [0, 0.1) is 5.92 Å². The smallest absolute Gasteiger partial charge is 0.308 e. The molecule has 2 aromatic rings. The second kappa shape index (κ2) is 7.46. The van der Waals surface area contributed by atoms with Crippen molar-refractivity contribution in [3.8, 4) is 0 Å². The highest BCUT2D eigenvalue weighted by molar-refractivity contribution is 5.72. The lowest BCUT2D eigenvalue weighted by molar-refractivity contribution is -0.141. The molecule has 0 aromatic carbocycles. The van der Waals surface area contributed by atoms with E-state index < -0.39 is 11.9 Å². The minimum atomic E-state index is -0.758. The Hall–Kier alpha value is -2.38. The molecule has 0 amide bonds. The van der Waals surface area contributed by atoms with E-state index in [2.05, 4.69) is 19.9 Å². The van der Waals surface area contributed by atoms with Crippen molar-refractivity contribution in [3.05, 3.63) is 53.9 Å². The standard InChI is InChI=1S/C17H20N4O3/c1-24-11-16-19-6-12(7-20-16)8-21-9-14(15(10-21)17(22)23)13-2-4-18-5-3-13/h2-7,14-15H,8-11H2,1H3,(H,22,23)/t14-,15+/m0/s1. The molecule has 0 bridgehead atoms. The van der Waals surface area contributed by atoms with Crippen molar-refractivity contribution in [2.24, 2.45) is 5.92 Å². The molecule has 0 spiro atoms. The number of carboxylic acids is 1. The summed E-state index contributed by atoms with van der Waals surface area (Å²) in [6.45, 7) is 2.23. The SMILES string of the molecule is COCc1ncc(CN2C[C@@H](C(=O)O)[C@H](c3ccncc3)C2)cn1. The monoisotopic (exact) mass is 328 g/mol. The van der Waals surface area contributed by atoms with Gasteiger partial charge in [0.1, 0.15) is 6.61 Å². The molecular formula is C17H20N4O3. The molecule has 1 N–H and O–H groups in total. The van der Waals surface area contributed by atoms with E-state index in [0.717, 1.165) is 11.1 Å². The molecule has 0 saturated carbocycles. The van der Waals surface area contributed by atoms with Gasteiger partial charge in [0.2, 0.25) is 0 Å². The molecule has 1 aliphatic heterocycles. The molecular weight excluding hydrogens is 308 g/mol. The van der Waals surface area contributed by atoms with Gasteiger partial charge in [0, 0.05) is 63.0 Å². The number of ether oxygens (including phenoxy) is 1. The van der Waals surface area contributed by atoms with Crippen LogP contribution in [-0.2, 0) is 22.7 Å². The first-order chi connectivity index (χ1) is 11.7. The van der Waals surface area contributed by atoms with Crippen LogP contribution in [0.25, 0.3) is 0 Å². The van der Waals surface area contributed by atoms with E-state index in [0.29, 0.717) is 32.1 Å². The minimum Gasteiger partial charge on any atom is -0.481 e. The zero-order valence-electron chi connectivity index (χ0n) is 13.5. The minimum absolute atomic E-state index is 0.0285. The fourth-order valence-corrected chi connectivity index (χ4v) is 3.14. The fourth-order valence-electron chi connectivity index (χ4n) is 3.14. The van der Waals surface area contributed by atoms with E-state index in [1.165, 1.54) is 0 Å². The van der Waals surface area contributed by atoms with Crippen LogP contribution in [0.4, 0.5) is 0 Å². The summed E-state index contributed by atoms with van der Waals surface area (Å²) in [4.78, 5) is 26.3. The summed E-state index contributed by atoms with van der Waals surface area (Å²) in [6.07, 6.45) is 6.96. The molecule has 2 atom stereocenters. The second-order valence-electron chi connectivity index (χ2n) is 5.97. The number of hydrogen-bond acceptors (Lipinski definition) is 6. The largest absolute Gasteiger partial charge is 0.481 e. The van der Waals surface area contributed by atoms with E-state index >= 15 is 0 Å². The highest BCUT2D eigenvalue weighted by Crippen LogP contribution is 2.33. The third-order valence-electron chi connectivity index (χ3n) is 4.29. The first-order valence-corrected chi connectivity index (χ1v) is 7.81. The topological polar surface area (TPSA) is 88.4 Å². The van der Waals surface area contributed by atoms with Gasteiger partial charge >= 0.3 is 5.97 Å². The Balaban J connectivity index is 1.70. The first kappa shape index (κ1) is 16.5. The van der Waals surface area contributed by atoms with Gasteiger partial charge in [-0.05, 0) is 17.7 Å². The van der Waals surface area contributed by atoms with Gasteiger partial charge in [0.15, 0.2) is 5.82 Å². The van der Waals surface area contributed by atoms with E-state index in [4.69, 9.17) is 4.74 Å². The van der Waals surface area contributed by atoms with Gasteiger partial charge in [-0.25, -0.2) is 9.97 Å². The van der Waals surface area contributed by atoms with Crippen LogP contribution in [0.15, 0.2) is 36.9 Å². The van der Waals surface area contributed by atoms with Crippen molar-refractivity contribution >= 4 is 5.97 Å². The maximum Gasteiger partial charge on any atom is 0.308 e. The molecule has 0 unspecified atom stereocenters. The number of carboxylic acid groups (broad SMARTS) is 1. The molecule has 126 valence electrons. The maximum absolute atomic E-state index is 11.6. The molecule has 1 fully saturated rings. The van der Waals surface area contributed by atoms with E-state index in [1.807, 2.05) is 12.1 Å². The lowest BCUT2D eigenvalue weighted by atomic mass is 9.90. The average molecular weight is 328 g/mol. The molecule has 2 aromatic heterocycles. The third-order valence-corrected chi connectivity index (χ3v) is 4.29. The van der Waals surface area contributed by atoms with Gasteiger partial charge < -0.3 is 9.84 Å². The van der Waals surface area contributed by atoms with Crippen LogP contribution in [-0.4, -0.2) is 51.1 Å². The number of likely N-dealkylation sites (tertiary alicyclic amines) is 1. The summed E-state index contributed by atoms with van der Waals surface area (Å²) in [5, 5.41) is 9.54. The predicted molar refractivity (Wildman–Crippen MR) is 86.1 cm³/mol. The van der Waals surface area contributed by atoms with Crippen LogP contribution >= 0.6 is 0 Å². The van der Waals surface area contributed by atoms with Gasteiger partial charge in [-0.1, -0.05) is 0 Å². The van der Waals surface area contributed by atoms with Gasteiger partial charge in [0.05, 0.1) is 5.92 Å². The van der Waals surface area contributed by atoms with Gasteiger partial charge in [-0.2, -0.15) is 0 Å². The van der Waals surface area contributed by atoms with Crippen molar-refractivity contribution in [2.75, 3.05) is 20.2 Å². The molecule has 3 rings (SSSR count). The highest BCUT2D eigenvalue weighted by atomic mass is 16.5. The maximum atomic E-state index is 11.6. The number of methoxy groups -OCH3 is 1. The van der Waals surface area contributed by atoms with Gasteiger partial charge in [-0.15, -0.1) is 0 Å². The second-order valence-corrected chi connectivity index (χ2v) is 5.97. The molecule has 1 aliphatic rings. The van der Waals surface area contributed by atoms with Crippen LogP contribution in [0.2, 0.25) is 0 Å². The van der Waals surface area contributed by atoms with Gasteiger partial charge in [-0.3, -0.25) is 14.7 Å². The summed E-state index contributed by atoms with van der Waals surface area (Å²) in [6, 6.07) is 3.79. The normalized spacial score (nSPS) is 21.0. The summed E-state index contributed by atoms with van der Waals surface area (Å²) >= 11 is 0. The summed E-state index contributed by atoms with van der Waals surface area (Å²) < 4.78 is 5.00. The number of carbonyl (C=O) groups is 1. The number of aromatic nitrogens is 3. The summed E-state index contributed by atoms with van der Waals surface area (Å²) in [5.41, 5.74) is 1.99. The molecule has 3 heterocycles. The zero-order chi connectivity index (χ0) is 16.9. The van der Waals surface area contributed by atoms with E-state index in [-0.39, 0.29) is 5.92 Å². The van der Waals surface area contributed by atoms with Crippen LogP contribution < -0.4 is 0 Å². The average Bonchev–Trinajstić information content (AvgIpc) is 3.02. The van der Waals surface area contributed by atoms with E-state index in [9.17, 15) is 9.90 Å². The Morgan fingerprint density at radius 3 is 2.62 bits per heavy atom. The molecule has 0 aliphatic carbocycles. The Bertz CT molecular complexity index is 678. The Kier molecular flexibility index (Phi) is 5.12. The molecule has 1 saturated heterocycles. The summed E-state index contributed by atoms with van der Waals surface area (Å²) in [5.74, 6) is -0.563. The Morgan fingerprint density at radius 2 is 2.00 bits per heavy atom. The quantitative estimate of drug-likeness (QED) is 0.855. The van der Waals surface area contributed by atoms with E-state index in [1.54, 1.807) is 31.9 Å². The fraction of sp³-hybridized carbons (Fsp3) is 0.412. The number of hydrogen-bond donors (Lipinski definition) is 1. The molecule has 7 heteroatoms. The molecule has 7 nitrogen and oxygen atoms in total. The first-order valence-electron chi connectivity index (χ1n) is 7.81. The lowest BCUT2D eigenvalue weighted by Gasteiger charge is -2.16. The van der Waals surface area contributed by atoms with Gasteiger partial charge in [0.25, 0.3) is 0 Å². The molecule has 24 heavy (non-hydrogen) atoms. The lowest BCUT2D eigenvalue weighted by Crippen LogP contribution is -2.23. The van der Waals surface area contributed by atoms with Crippen LogP contribution in [0.5, 0.6) is 0 Å². The molecule has 0 radical (unpaired) electrons.